The molecule has 1 saturated carbocycles. The summed E-state index contributed by atoms with van der Waals surface area (Å²) in [4.78, 5) is 23.3. The highest BCUT2D eigenvalue weighted by atomic mass is 35.5. The molecule has 0 unspecified atom stereocenters. The third-order valence-electron chi connectivity index (χ3n) is 3.13. The number of nitrogens with zero attached hydrogens (tertiary/aromatic N) is 3. The molecule has 1 fully saturated rings. The van der Waals surface area contributed by atoms with E-state index >= 15 is 0 Å². The lowest BCUT2D eigenvalue weighted by Crippen LogP contribution is -2.38. The zero-order valence-corrected chi connectivity index (χ0v) is 11.7. The summed E-state index contributed by atoms with van der Waals surface area (Å²) in [6.45, 7) is 0.584. The van der Waals surface area contributed by atoms with Crippen LogP contribution in [0.15, 0.2) is 12.3 Å². The molecule has 3 N–H and O–H groups in total. The Morgan fingerprint density at radius 1 is 1.65 bits per heavy atom. The summed E-state index contributed by atoms with van der Waals surface area (Å²) in [6, 6.07) is 1.23. The van der Waals surface area contributed by atoms with Gasteiger partial charge < -0.3 is 10.3 Å². The zero-order chi connectivity index (χ0) is 14.2. The van der Waals surface area contributed by atoms with Gasteiger partial charge in [-0.05, 0) is 18.8 Å². The predicted molar refractivity (Wildman–Crippen MR) is 75.1 cm³/mol. The van der Waals surface area contributed by atoms with Crippen LogP contribution in [0.2, 0.25) is 0 Å². The molecule has 1 aromatic rings. The van der Waals surface area contributed by atoms with E-state index in [1.807, 2.05) is 0 Å². The van der Waals surface area contributed by atoms with E-state index in [1.54, 1.807) is 4.57 Å². The summed E-state index contributed by atoms with van der Waals surface area (Å²) in [5.74, 6) is -0.436. The summed E-state index contributed by atoms with van der Waals surface area (Å²) < 4.78 is 1.58. The van der Waals surface area contributed by atoms with E-state index in [0.29, 0.717) is 12.5 Å². The third-order valence-corrected chi connectivity index (χ3v) is 3.13. The second kappa shape index (κ2) is 5.91. The molecule has 0 radical (unpaired) electrons. The van der Waals surface area contributed by atoms with Gasteiger partial charge in [-0.3, -0.25) is 25.2 Å². The van der Waals surface area contributed by atoms with Crippen molar-refractivity contribution in [1.82, 2.24) is 9.47 Å². The SMILES string of the molecule is CN(C(=N)N)C(=O)c1cc([N+](=O)[O-])cn1CC1CC1.Cl. The maximum Gasteiger partial charge on any atom is 0.287 e. The minimum absolute atomic E-state index is 0. The first kappa shape index (κ1) is 16.0. The van der Waals surface area contributed by atoms with Gasteiger partial charge in [0.1, 0.15) is 5.69 Å². The molecule has 1 aromatic heterocycles. The Morgan fingerprint density at radius 3 is 2.70 bits per heavy atom. The van der Waals surface area contributed by atoms with E-state index in [9.17, 15) is 14.9 Å². The monoisotopic (exact) mass is 301 g/mol. The average Bonchev–Trinajstić information content (AvgIpc) is 3.04. The van der Waals surface area contributed by atoms with Crippen LogP contribution < -0.4 is 5.73 Å². The van der Waals surface area contributed by atoms with Crippen LogP contribution in [0, 0.1) is 21.4 Å². The Bertz CT molecular complexity index is 552. The molecule has 2 rings (SSSR count). The van der Waals surface area contributed by atoms with Gasteiger partial charge in [-0.15, -0.1) is 12.4 Å². The van der Waals surface area contributed by atoms with Crippen LogP contribution in [0.5, 0.6) is 0 Å². The summed E-state index contributed by atoms with van der Waals surface area (Å²) in [6.07, 6.45) is 3.50. The van der Waals surface area contributed by atoms with Crippen molar-refractivity contribution in [3.63, 3.8) is 0 Å². The van der Waals surface area contributed by atoms with E-state index in [0.717, 1.165) is 17.7 Å². The second-order valence-corrected chi connectivity index (χ2v) is 4.69. The molecule has 0 atom stereocenters. The first-order valence-corrected chi connectivity index (χ1v) is 5.86. The molecule has 20 heavy (non-hydrogen) atoms. The topological polar surface area (TPSA) is 118 Å². The molecule has 1 amide bonds. The van der Waals surface area contributed by atoms with E-state index in [2.05, 4.69) is 0 Å². The van der Waals surface area contributed by atoms with Crippen molar-refractivity contribution in [2.24, 2.45) is 11.7 Å². The lowest BCUT2D eigenvalue weighted by molar-refractivity contribution is -0.384. The van der Waals surface area contributed by atoms with Gasteiger partial charge in [0.15, 0.2) is 5.96 Å². The number of amides is 1. The lowest BCUT2D eigenvalue weighted by atomic mass is 10.3. The molecular weight excluding hydrogens is 286 g/mol. The molecular formula is C11H16ClN5O3. The van der Waals surface area contributed by atoms with Crippen LogP contribution in [0.1, 0.15) is 23.3 Å². The molecule has 110 valence electrons. The molecule has 1 aliphatic rings. The molecule has 0 aliphatic heterocycles. The molecule has 0 saturated heterocycles. The number of hydrogen-bond acceptors (Lipinski definition) is 4. The van der Waals surface area contributed by atoms with Gasteiger partial charge in [0, 0.05) is 19.7 Å². The fourth-order valence-corrected chi connectivity index (χ4v) is 1.78. The van der Waals surface area contributed by atoms with Crippen molar-refractivity contribution in [3.05, 3.63) is 28.1 Å². The van der Waals surface area contributed by atoms with Crippen molar-refractivity contribution in [1.29, 1.82) is 5.41 Å². The maximum absolute atomic E-state index is 12.1. The standard InChI is InChI=1S/C11H15N5O3.ClH/c1-14(11(12)13)10(17)9-4-8(16(18)19)6-15(9)5-7-2-3-7;/h4,6-7H,2-3,5H2,1H3,(H3,12,13);1H. The Morgan fingerprint density at radius 2 is 2.25 bits per heavy atom. The van der Waals surface area contributed by atoms with Crippen LogP contribution in [0.4, 0.5) is 5.69 Å². The summed E-state index contributed by atoms with van der Waals surface area (Å²) in [7, 11) is 1.37. The Hall–Kier alpha value is -2.09. The zero-order valence-electron chi connectivity index (χ0n) is 10.9. The molecule has 0 aromatic carbocycles. The number of halogens is 1. The van der Waals surface area contributed by atoms with E-state index < -0.39 is 16.8 Å². The Labute approximate surface area is 121 Å². The minimum atomic E-state index is -0.534. The van der Waals surface area contributed by atoms with Crippen molar-refractivity contribution < 1.29 is 9.72 Å². The third kappa shape index (κ3) is 3.27. The fraction of sp³-hybridized carbons (Fsp3) is 0.455. The van der Waals surface area contributed by atoms with E-state index in [4.69, 9.17) is 11.1 Å². The number of carbonyl (C=O) groups is 1. The van der Waals surface area contributed by atoms with Gasteiger partial charge in [0.25, 0.3) is 11.6 Å². The fourth-order valence-electron chi connectivity index (χ4n) is 1.78. The largest absolute Gasteiger partial charge is 0.370 e. The molecule has 1 aliphatic carbocycles. The number of guanidine groups is 1. The average molecular weight is 302 g/mol. The highest BCUT2D eigenvalue weighted by molar-refractivity contribution is 6.03. The van der Waals surface area contributed by atoms with Crippen LogP contribution in [-0.2, 0) is 6.54 Å². The van der Waals surface area contributed by atoms with Gasteiger partial charge in [0.05, 0.1) is 11.1 Å². The highest BCUT2D eigenvalue weighted by Crippen LogP contribution is 2.32. The number of rotatable bonds is 4. The Kier molecular flexibility index (Phi) is 4.72. The second-order valence-electron chi connectivity index (χ2n) is 4.69. The van der Waals surface area contributed by atoms with Crippen molar-refractivity contribution in [2.45, 2.75) is 19.4 Å². The normalized spacial score (nSPS) is 13.4. The first-order chi connectivity index (χ1) is 8.90. The minimum Gasteiger partial charge on any atom is -0.370 e. The smallest absolute Gasteiger partial charge is 0.287 e. The first-order valence-electron chi connectivity index (χ1n) is 5.86. The number of nitrogens with two attached hydrogens (primary N) is 1. The van der Waals surface area contributed by atoms with E-state index in [-0.39, 0.29) is 23.8 Å². The van der Waals surface area contributed by atoms with E-state index in [1.165, 1.54) is 19.3 Å². The number of carbonyl (C=O) groups excluding carboxylic acids is 1. The molecule has 0 spiro atoms. The molecule has 8 nitrogen and oxygen atoms in total. The number of nitrogens with one attached hydrogen (secondary N) is 1. The lowest BCUT2D eigenvalue weighted by Gasteiger charge is -2.15. The van der Waals surface area contributed by atoms with Crippen LogP contribution in [-0.4, -0.2) is 33.3 Å². The summed E-state index contributed by atoms with van der Waals surface area (Å²) in [5, 5.41) is 18.0. The van der Waals surface area contributed by atoms with Crippen molar-refractivity contribution in [2.75, 3.05) is 7.05 Å². The van der Waals surface area contributed by atoms with Gasteiger partial charge in [0.2, 0.25) is 0 Å². The van der Waals surface area contributed by atoms with Crippen LogP contribution in [0.25, 0.3) is 0 Å². The summed E-state index contributed by atoms with van der Waals surface area (Å²) in [5.41, 5.74) is 5.32. The van der Waals surface area contributed by atoms with Gasteiger partial charge >= 0.3 is 0 Å². The Balaban J connectivity index is 0.00000200. The molecule has 0 bridgehead atoms. The van der Waals surface area contributed by atoms with Gasteiger partial charge in [-0.25, -0.2) is 0 Å². The number of aromatic nitrogens is 1. The molecule has 9 heteroatoms. The summed E-state index contributed by atoms with van der Waals surface area (Å²) >= 11 is 0. The highest BCUT2D eigenvalue weighted by Gasteiger charge is 2.27. The van der Waals surface area contributed by atoms with Crippen LogP contribution >= 0.6 is 12.4 Å². The predicted octanol–water partition coefficient (Wildman–Crippen LogP) is 1.19. The number of hydrogen-bond donors (Lipinski definition) is 2. The van der Waals surface area contributed by atoms with Crippen molar-refractivity contribution in [3.8, 4) is 0 Å². The molecule has 1 heterocycles. The van der Waals surface area contributed by atoms with Crippen LogP contribution in [0.3, 0.4) is 0 Å². The van der Waals surface area contributed by atoms with Gasteiger partial charge in [-0.2, -0.15) is 0 Å². The van der Waals surface area contributed by atoms with Crippen molar-refractivity contribution >= 4 is 30.0 Å². The maximum atomic E-state index is 12.1. The number of nitro groups is 1. The van der Waals surface area contributed by atoms with Gasteiger partial charge in [-0.1, -0.05) is 0 Å². The quantitative estimate of drug-likeness (QED) is 0.376.